The van der Waals surface area contributed by atoms with Crippen LogP contribution in [0.3, 0.4) is 0 Å². The molecule has 1 aromatic carbocycles. The number of nitrogens with zero attached hydrogens (tertiary/aromatic N) is 1. The molecule has 0 aliphatic heterocycles. The second-order valence-electron chi connectivity index (χ2n) is 6.07. The number of benzene rings is 1. The molecule has 2 N–H and O–H groups in total. The maximum absolute atomic E-state index is 14.1. The molecule has 0 bridgehead atoms. The van der Waals surface area contributed by atoms with Crippen LogP contribution in [0.25, 0.3) is 0 Å². The van der Waals surface area contributed by atoms with Gasteiger partial charge in [-0.15, -0.1) is 0 Å². The first-order valence-corrected chi connectivity index (χ1v) is 7.98. The zero-order valence-electron chi connectivity index (χ0n) is 13.4. The molecule has 1 heterocycles. The van der Waals surface area contributed by atoms with E-state index in [9.17, 15) is 18.7 Å². The van der Waals surface area contributed by atoms with E-state index in [0.717, 1.165) is 12.1 Å². The summed E-state index contributed by atoms with van der Waals surface area (Å²) in [5.74, 6) is -1.50. The van der Waals surface area contributed by atoms with Crippen LogP contribution in [0.4, 0.5) is 8.78 Å². The Morgan fingerprint density at radius 2 is 2.16 bits per heavy atom. The first-order valence-electron chi connectivity index (χ1n) is 7.98. The number of rotatable bonds is 6. The molecule has 0 unspecified atom stereocenters. The maximum atomic E-state index is 14.1. The number of nitrogens with one attached hydrogen (secondary N) is 1. The van der Waals surface area contributed by atoms with Gasteiger partial charge >= 0.3 is 0 Å². The zero-order valence-corrected chi connectivity index (χ0v) is 13.4. The van der Waals surface area contributed by atoms with Crippen LogP contribution in [0.5, 0.6) is 5.75 Å². The molecule has 3 rings (SSSR count). The highest BCUT2D eigenvalue weighted by Crippen LogP contribution is 2.38. The van der Waals surface area contributed by atoms with Crippen molar-refractivity contribution < 1.29 is 23.4 Å². The second kappa shape index (κ2) is 7.57. The monoisotopic (exact) mass is 348 g/mol. The van der Waals surface area contributed by atoms with Gasteiger partial charge in [0.15, 0.2) is 6.61 Å². The van der Waals surface area contributed by atoms with Crippen molar-refractivity contribution in [3.63, 3.8) is 0 Å². The number of halogens is 2. The van der Waals surface area contributed by atoms with Crippen LogP contribution < -0.4 is 10.1 Å². The van der Waals surface area contributed by atoms with Crippen molar-refractivity contribution in [1.82, 2.24) is 10.3 Å². The summed E-state index contributed by atoms with van der Waals surface area (Å²) in [7, 11) is 0. The number of aliphatic hydroxyl groups excluding tert-OH is 1. The molecule has 1 fully saturated rings. The zero-order chi connectivity index (χ0) is 17.8. The molecule has 7 heteroatoms. The van der Waals surface area contributed by atoms with Gasteiger partial charge in [-0.25, -0.2) is 8.78 Å². The molecule has 1 atom stereocenters. The topological polar surface area (TPSA) is 71.5 Å². The van der Waals surface area contributed by atoms with Crippen LogP contribution in [0.2, 0.25) is 0 Å². The van der Waals surface area contributed by atoms with E-state index in [4.69, 9.17) is 4.74 Å². The molecule has 1 saturated carbocycles. The fourth-order valence-corrected chi connectivity index (χ4v) is 2.90. The molecular formula is C18H18F2N2O3. The molecular weight excluding hydrogens is 330 g/mol. The number of hydrogen-bond acceptors (Lipinski definition) is 4. The first kappa shape index (κ1) is 17.3. The maximum Gasteiger partial charge on any atom is 0.258 e. The van der Waals surface area contributed by atoms with E-state index < -0.39 is 29.7 Å². The largest absolute Gasteiger partial charge is 0.482 e. The van der Waals surface area contributed by atoms with E-state index in [-0.39, 0.29) is 18.1 Å². The van der Waals surface area contributed by atoms with Gasteiger partial charge in [0.05, 0.1) is 18.3 Å². The average molecular weight is 348 g/mol. The van der Waals surface area contributed by atoms with Gasteiger partial charge in [0.1, 0.15) is 17.4 Å². The standard InChI is InChI=1S/C18H18F2N2O3/c19-12-3-4-15(16(20)8-12)18(11-6-13(23)7-11)22-17(24)10-25-14-2-1-5-21-9-14/h1-5,8-9,11,13,18,23H,6-7,10H2,(H,22,24)/t11?,13?,18-/m0/s1. The van der Waals surface area contributed by atoms with Gasteiger partial charge < -0.3 is 15.2 Å². The average Bonchev–Trinajstić information content (AvgIpc) is 2.57. The van der Waals surface area contributed by atoms with Crippen LogP contribution in [0.1, 0.15) is 24.4 Å². The quantitative estimate of drug-likeness (QED) is 0.841. The lowest BCUT2D eigenvalue weighted by Gasteiger charge is -2.38. The summed E-state index contributed by atoms with van der Waals surface area (Å²) < 4.78 is 32.6. The van der Waals surface area contributed by atoms with E-state index in [1.807, 2.05) is 0 Å². The Labute approximate surface area is 143 Å². The van der Waals surface area contributed by atoms with Gasteiger partial charge in [-0.05, 0) is 37.0 Å². The molecule has 0 saturated heterocycles. The summed E-state index contributed by atoms with van der Waals surface area (Å²) >= 11 is 0. The predicted molar refractivity (Wildman–Crippen MR) is 85.7 cm³/mol. The van der Waals surface area contributed by atoms with Gasteiger partial charge in [0.25, 0.3) is 5.91 Å². The normalized spacial score (nSPS) is 20.4. The summed E-state index contributed by atoms with van der Waals surface area (Å²) in [5, 5.41) is 12.2. The first-order chi connectivity index (χ1) is 12.0. The molecule has 0 spiro atoms. The smallest absolute Gasteiger partial charge is 0.258 e. The highest BCUT2D eigenvalue weighted by Gasteiger charge is 2.36. The van der Waals surface area contributed by atoms with Gasteiger partial charge in [0, 0.05) is 17.8 Å². The molecule has 1 aromatic heterocycles. The van der Waals surface area contributed by atoms with Crippen molar-refractivity contribution in [2.75, 3.05) is 6.61 Å². The fourth-order valence-electron chi connectivity index (χ4n) is 2.90. The minimum absolute atomic E-state index is 0.114. The van der Waals surface area contributed by atoms with E-state index in [2.05, 4.69) is 10.3 Å². The fraction of sp³-hybridized carbons (Fsp3) is 0.333. The number of ether oxygens (including phenoxy) is 1. The highest BCUT2D eigenvalue weighted by molar-refractivity contribution is 5.78. The van der Waals surface area contributed by atoms with E-state index in [0.29, 0.717) is 18.6 Å². The number of carbonyl (C=O) groups is 1. The molecule has 0 radical (unpaired) electrons. The molecule has 132 valence electrons. The Morgan fingerprint density at radius 3 is 2.80 bits per heavy atom. The third-order valence-corrected chi connectivity index (χ3v) is 4.24. The van der Waals surface area contributed by atoms with Gasteiger partial charge in [0.2, 0.25) is 0 Å². The Hall–Kier alpha value is -2.54. The minimum atomic E-state index is -0.722. The molecule has 1 amide bonds. The van der Waals surface area contributed by atoms with Crippen molar-refractivity contribution in [3.05, 3.63) is 59.9 Å². The SMILES string of the molecule is O=C(COc1cccnc1)N[C@H](c1ccc(F)cc1F)C1CC(O)C1. The Morgan fingerprint density at radius 1 is 1.36 bits per heavy atom. The van der Waals surface area contributed by atoms with Crippen molar-refractivity contribution in [2.24, 2.45) is 5.92 Å². The highest BCUT2D eigenvalue weighted by atomic mass is 19.1. The molecule has 5 nitrogen and oxygen atoms in total. The second-order valence-corrected chi connectivity index (χ2v) is 6.07. The number of aliphatic hydroxyl groups is 1. The van der Waals surface area contributed by atoms with E-state index in [1.54, 1.807) is 18.3 Å². The van der Waals surface area contributed by atoms with Crippen LogP contribution in [-0.2, 0) is 4.79 Å². The molecule has 2 aromatic rings. The molecule has 25 heavy (non-hydrogen) atoms. The molecule has 1 aliphatic carbocycles. The van der Waals surface area contributed by atoms with E-state index in [1.165, 1.54) is 12.3 Å². The van der Waals surface area contributed by atoms with Gasteiger partial charge in [-0.2, -0.15) is 0 Å². The number of carbonyl (C=O) groups excluding carboxylic acids is 1. The number of amides is 1. The Balaban J connectivity index is 1.68. The summed E-state index contributed by atoms with van der Waals surface area (Å²) in [6.07, 6.45) is 3.50. The Bertz CT molecular complexity index is 736. The lowest BCUT2D eigenvalue weighted by molar-refractivity contribution is -0.125. The Kier molecular flexibility index (Phi) is 5.23. The molecule has 1 aliphatic rings. The number of pyridine rings is 1. The van der Waals surface area contributed by atoms with Crippen molar-refractivity contribution in [3.8, 4) is 5.75 Å². The predicted octanol–water partition coefficient (Wildman–Crippen LogP) is 2.37. The number of aromatic nitrogens is 1. The summed E-state index contributed by atoms with van der Waals surface area (Å²) in [6.45, 7) is -0.250. The van der Waals surface area contributed by atoms with Crippen molar-refractivity contribution >= 4 is 5.91 Å². The van der Waals surface area contributed by atoms with Crippen molar-refractivity contribution in [1.29, 1.82) is 0 Å². The lowest BCUT2D eigenvalue weighted by atomic mass is 9.75. The summed E-state index contributed by atoms with van der Waals surface area (Å²) in [5.41, 5.74) is 0.202. The van der Waals surface area contributed by atoms with Crippen LogP contribution in [-0.4, -0.2) is 28.7 Å². The van der Waals surface area contributed by atoms with Crippen molar-refractivity contribution in [2.45, 2.75) is 25.0 Å². The minimum Gasteiger partial charge on any atom is -0.482 e. The van der Waals surface area contributed by atoms with Crippen LogP contribution in [0.15, 0.2) is 42.7 Å². The number of hydrogen-bond donors (Lipinski definition) is 2. The third kappa shape index (κ3) is 4.30. The van der Waals surface area contributed by atoms with Crippen LogP contribution in [0, 0.1) is 17.6 Å². The summed E-state index contributed by atoms with van der Waals surface area (Å²) in [6, 6.07) is 5.96. The van der Waals surface area contributed by atoms with E-state index >= 15 is 0 Å². The lowest BCUT2D eigenvalue weighted by Crippen LogP contribution is -2.43. The van der Waals surface area contributed by atoms with Crippen LogP contribution >= 0.6 is 0 Å². The van der Waals surface area contributed by atoms with Gasteiger partial charge in [-0.1, -0.05) is 6.07 Å². The summed E-state index contributed by atoms with van der Waals surface area (Å²) in [4.78, 5) is 16.1. The third-order valence-electron chi connectivity index (χ3n) is 4.24. The van der Waals surface area contributed by atoms with Gasteiger partial charge in [-0.3, -0.25) is 9.78 Å².